The van der Waals surface area contributed by atoms with Crippen molar-refractivity contribution >= 4 is 68.1 Å². The Hall–Kier alpha value is -2.49. The first-order valence-electron chi connectivity index (χ1n) is 9.13. The topological polar surface area (TPSA) is 84.9 Å². The molecule has 1 N–H and O–H groups in total. The molecule has 0 atom stereocenters. The van der Waals surface area contributed by atoms with Gasteiger partial charge in [-0.15, -0.1) is 0 Å². The van der Waals surface area contributed by atoms with Crippen LogP contribution in [0.1, 0.15) is 12.5 Å². The van der Waals surface area contributed by atoms with Gasteiger partial charge in [0.05, 0.1) is 23.6 Å². The summed E-state index contributed by atoms with van der Waals surface area (Å²) in [6.07, 6.45) is 1.58. The molecule has 0 unspecified atom stereocenters. The summed E-state index contributed by atoms with van der Waals surface area (Å²) in [5, 5.41) is 2.54. The van der Waals surface area contributed by atoms with Crippen molar-refractivity contribution in [3.63, 3.8) is 0 Å². The second kappa shape index (κ2) is 10.2. The Labute approximate surface area is 196 Å². The van der Waals surface area contributed by atoms with Gasteiger partial charge in [0, 0.05) is 10.2 Å². The van der Waals surface area contributed by atoms with E-state index in [1.54, 1.807) is 42.5 Å². The number of nitrogens with zero attached hydrogens (tertiary/aromatic N) is 1. The normalized spacial score (nSPS) is 14.8. The molecular formula is C21H18BrClN2O5S. The zero-order valence-electron chi connectivity index (χ0n) is 16.6. The fourth-order valence-electron chi connectivity index (χ4n) is 2.75. The second-order valence-corrected chi connectivity index (χ2v) is 8.54. The van der Waals surface area contributed by atoms with Gasteiger partial charge < -0.3 is 14.8 Å². The third-order valence-corrected chi connectivity index (χ3v) is 6.30. The number of thioether (sulfide) groups is 1. The molecule has 0 aromatic heterocycles. The molecule has 1 aliphatic rings. The quantitative estimate of drug-likeness (QED) is 0.501. The molecule has 2 aromatic carbocycles. The number of nitrogens with one attached hydrogen (secondary N) is 1. The monoisotopic (exact) mass is 524 g/mol. The first-order valence-corrected chi connectivity index (χ1v) is 11.1. The number of ether oxygens (including phenoxy) is 2. The van der Waals surface area contributed by atoms with Crippen molar-refractivity contribution in [3.8, 4) is 11.5 Å². The van der Waals surface area contributed by atoms with Crippen molar-refractivity contribution < 1.29 is 23.9 Å². The molecule has 1 fully saturated rings. The molecule has 0 bridgehead atoms. The lowest BCUT2D eigenvalue weighted by Gasteiger charge is -2.13. The van der Waals surface area contributed by atoms with Crippen LogP contribution in [-0.2, 0) is 9.59 Å². The van der Waals surface area contributed by atoms with Gasteiger partial charge >= 0.3 is 0 Å². The maximum Gasteiger partial charge on any atom is 0.294 e. The van der Waals surface area contributed by atoms with E-state index in [-0.39, 0.29) is 4.91 Å². The van der Waals surface area contributed by atoms with Gasteiger partial charge in [-0.3, -0.25) is 19.3 Å². The molecule has 162 valence electrons. The predicted octanol–water partition coefficient (Wildman–Crippen LogP) is 5.18. The number of imide groups is 1. The van der Waals surface area contributed by atoms with Crippen LogP contribution in [0.25, 0.3) is 6.08 Å². The van der Waals surface area contributed by atoms with Gasteiger partial charge in [-0.2, -0.15) is 0 Å². The Kier molecular flexibility index (Phi) is 7.64. The maximum atomic E-state index is 12.7. The van der Waals surface area contributed by atoms with Crippen LogP contribution in [0.5, 0.6) is 11.5 Å². The number of amides is 3. The van der Waals surface area contributed by atoms with E-state index >= 15 is 0 Å². The van der Waals surface area contributed by atoms with Crippen LogP contribution >= 0.6 is 39.3 Å². The van der Waals surface area contributed by atoms with Crippen molar-refractivity contribution in [1.29, 1.82) is 0 Å². The van der Waals surface area contributed by atoms with Crippen LogP contribution in [0.3, 0.4) is 0 Å². The van der Waals surface area contributed by atoms with Crippen molar-refractivity contribution in [1.82, 2.24) is 4.90 Å². The van der Waals surface area contributed by atoms with Crippen LogP contribution in [0.2, 0.25) is 5.02 Å². The van der Waals surface area contributed by atoms with Crippen LogP contribution in [-0.4, -0.2) is 42.2 Å². The van der Waals surface area contributed by atoms with Gasteiger partial charge in [0.1, 0.15) is 6.54 Å². The highest BCUT2D eigenvalue weighted by molar-refractivity contribution is 9.10. The van der Waals surface area contributed by atoms with Crippen molar-refractivity contribution in [2.45, 2.75) is 6.92 Å². The van der Waals surface area contributed by atoms with Crippen LogP contribution < -0.4 is 14.8 Å². The van der Waals surface area contributed by atoms with Gasteiger partial charge in [-0.1, -0.05) is 17.7 Å². The number of carbonyl (C=O) groups excluding carboxylic acids is 3. The minimum Gasteiger partial charge on any atom is -0.493 e. The predicted molar refractivity (Wildman–Crippen MR) is 125 cm³/mol. The van der Waals surface area contributed by atoms with Crippen molar-refractivity contribution in [2.24, 2.45) is 0 Å². The van der Waals surface area contributed by atoms with E-state index in [0.717, 1.165) is 16.7 Å². The lowest BCUT2D eigenvalue weighted by atomic mass is 10.2. The first-order chi connectivity index (χ1) is 14.8. The summed E-state index contributed by atoms with van der Waals surface area (Å²) in [5.74, 6) is 0.0545. The molecule has 2 aromatic rings. The van der Waals surface area contributed by atoms with Gasteiger partial charge in [0.15, 0.2) is 11.5 Å². The van der Waals surface area contributed by atoms with E-state index < -0.39 is 23.6 Å². The molecule has 0 saturated carbocycles. The highest BCUT2D eigenvalue weighted by atomic mass is 79.9. The average molecular weight is 526 g/mol. The average Bonchev–Trinajstić information content (AvgIpc) is 2.99. The highest BCUT2D eigenvalue weighted by Crippen LogP contribution is 2.34. The molecule has 3 amide bonds. The Morgan fingerprint density at radius 3 is 2.68 bits per heavy atom. The zero-order chi connectivity index (χ0) is 22.5. The van der Waals surface area contributed by atoms with Crippen LogP contribution in [0.4, 0.5) is 10.5 Å². The van der Waals surface area contributed by atoms with Gasteiger partial charge in [0.2, 0.25) is 5.91 Å². The molecule has 0 radical (unpaired) electrons. The second-order valence-electron chi connectivity index (χ2n) is 6.29. The molecule has 1 aliphatic heterocycles. The molecule has 3 rings (SSSR count). The number of anilines is 1. The summed E-state index contributed by atoms with van der Waals surface area (Å²) < 4.78 is 11.5. The first kappa shape index (κ1) is 23.2. The van der Waals surface area contributed by atoms with E-state index in [4.69, 9.17) is 21.1 Å². The Bertz CT molecular complexity index is 1080. The summed E-state index contributed by atoms with van der Waals surface area (Å²) in [7, 11) is 1.52. The minimum atomic E-state index is -0.535. The summed E-state index contributed by atoms with van der Waals surface area (Å²) in [4.78, 5) is 38.4. The van der Waals surface area contributed by atoms with Crippen molar-refractivity contribution in [2.75, 3.05) is 25.6 Å². The van der Waals surface area contributed by atoms with E-state index in [1.165, 1.54) is 7.11 Å². The summed E-state index contributed by atoms with van der Waals surface area (Å²) in [5.41, 5.74) is 1.13. The number of carbonyl (C=O) groups is 3. The highest BCUT2D eigenvalue weighted by Gasteiger charge is 2.36. The summed E-state index contributed by atoms with van der Waals surface area (Å²) in [6.45, 7) is 1.95. The largest absolute Gasteiger partial charge is 0.493 e. The summed E-state index contributed by atoms with van der Waals surface area (Å²) in [6, 6.07) is 10.1. The van der Waals surface area contributed by atoms with E-state index in [1.807, 2.05) is 6.92 Å². The van der Waals surface area contributed by atoms with E-state index in [0.29, 0.717) is 38.9 Å². The molecule has 1 saturated heterocycles. The Morgan fingerprint density at radius 1 is 1.23 bits per heavy atom. The fraction of sp³-hybridized carbons (Fsp3) is 0.190. The van der Waals surface area contributed by atoms with Crippen LogP contribution in [0.15, 0.2) is 45.8 Å². The third kappa shape index (κ3) is 5.61. The fourth-order valence-corrected chi connectivity index (χ4v) is 4.02. The molecule has 1 heterocycles. The molecule has 31 heavy (non-hydrogen) atoms. The van der Waals surface area contributed by atoms with E-state index in [9.17, 15) is 14.4 Å². The minimum absolute atomic E-state index is 0.218. The summed E-state index contributed by atoms with van der Waals surface area (Å²) >= 11 is 10.1. The molecule has 7 nitrogen and oxygen atoms in total. The smallest absolute Gasteiger partial charge is 0.294 e. The SMILES string of the molecule is CCOc1ccc(/C=C2/SC(=O)N(CC(=O)Nc3ccc(Br)c(Cl)c3)C2=O)cc1OC. The molecule has 0 spiro atoms. The van der Waals surface area contributed by atoms with Gasteiger partial charge in [-0.25, -0.2) is 0 Å². The standard InChI is InChI=1S/C21H18BrClN2O5S/c1-3-30-16-7-4-12(8-17(16)29-2)9-18-20(27)25(21(28)31-18)11-19(26)24-13-5-6-14(22)15(23)10-13/h4-10H,3,11H2,1-2H3,(H,24,26)/b18-9+. The number of benzene rings is 2. The Morgan fingerprint density at radius 2 is 2.00 bits per heavy atom. The zero-order valence-corrected chi connectivity index (χ0v) is 19.8. The molecular weight excluding hydrogens is 508 g/mol. The number of hydrogen-bond acceptors (Lipinski definition) is 6. The molecule has 0 aliphatic carbocycles. The Balaban J connectivity index is 1.71. The number of halogens is 2. The van der Waals surface area contributed by atoms with Crippen LogP contribution in [0, 0.1) is 0 Å². The van der Waals surface area contributed by atoms with E-state index in [2.05, 4.69) is 21.2 Å². The van der Waals surface area contributed by atoms with Gasteiger partial charge in [-0.05, 0) is 76.6 Å². The molecule has 10 heteroatoms. The maximum absolute atomic E-state index is 12.7. The van der Waals surface area contributed by atoms with Crippen molar-refractivity contribution in [3.05, 3.63) is 56.4 Å². The number of methoxy groups -OCH3 is 1. The lowest BCUT2D eigenvalue weighted by Crippen LogP contribution is -2.36. The number of rotatable bonds is 7. The third-order valence-electron chi connectivity index (χ3n) is 4.16. The van der Waals surface area contributed by atoms with Gasteiger partial charge in [0.25, 0.3) is 11.1 Å². The number of hydrogen-bond donors (Lipinski definition) is 1. The lowest BCUT2D eigenvalue weighted by molar-refractivity contribution is -0.127.